The molecule has 0 saturated carbocycles. The van der Waals surface area contributed by atoms with E-state index in [1.165, 1.54) is 0 Å². The first kappa shape index (κ1) is 15.8. The Balaban J connectivity index is 1.48. The number of para-hydroxylation sites is 1. The normalized spacial score (nSPS) is 10.7. The fraction of sp³-hybridized carbons (Fsp3) is 0.111. The van der Waals surface area contributed by atoms with Gasteiger partial charge < -0.3 is 14.6 Å². The van der Waals surface area contributed by atoms with Crippen LogP contribution in [0.3, 0.4) is 0 Å². The number of rotatable bonds is 6. The van der Waals surface area contributed by atoms with Gasteiger partial charge in [-0.25, -0.2) is 0 Å². The van der Waals surface area contributed by atoms with E-state index in [0.29, 0.717) is 18.4 Å². The molecule has 26 heavy (non-hydrogen) atoms. The van der Waals surface area contributed by atoms with E-state index < -0.39 is 0 Å². The van der Waals surface area contributed by atoms with Crippen molar-refractivity contribution in [1.82, 2.24) is 24.9 Å². The molecule has 0 amide bonds. The average Bonchev–Trinajstić information content (AvgIpc) is 3.36. The van der Waals surface area contributed by atoms with Crippen LogP contribution < -0.4 is 10.1 Å². The largest absolute Gasteiger partial charge is 0.497 e. The Morgan fingerprint density at radius 2 is 2.00 bits per heavy atom. The van der Waals surface area contributed by atoms with E-state index in [2.05, 4.69) is 25.7 Å². The van der Waals surface area contributed by atoms with Crippen LogP contribution in [0.1, 0.15) is 5.82 Å². The quantitative estimate of drug-likeness (QED) is 0.573. The third kappa shape index (κ3) is 3.25. The molecule has 8 nitrogen and oxygen atoms in total. The van der Waals surface area contributed by atoms with Crippen molar-refractivity contribution in [1.29, 1.82) is 0 Å². The van der Waals surface area contributed by atoms with Crippen LogP contribution in [0.4, 0.5) is 6.01 Å². The highest BCUT2D eigenvalue weighted by atomic mass is 16.5. The molecule has 0 aliphatic carbocycles. The average molecular weight is 348 g/mol. The van der Waals surface area contributed by atoms with Gasteiger partial charge in [0.2, 0.25) is 5.82 Å². The Bertz CT molecular complexity index is 996. The van der Waals surface area contributed by atoms with Crippen LogP contribution in [0.15, 0.2) is 65.4 Å². The molecule has 0 saturated heterocycles. The second-order valence-electron chi connectivity index (χ2n) is 5.46. The van der Waals surface area contributed by atoms with Gasteiger partial charge in [-0.05, 0) is 24.3 Å². The van der Waals surface area contributed by atoms with Crippen LogP contribution >= 0.6 is 0 Å². The summed E-state index contributed by atoms with van der Waals surface area (Å²) in [5, 5.41) is 15.2. The minimum Gasteiger partial charge on any atom is -0.497 e. The summed E-state index contributed by atoms with van der Waals surface area (Å²) < 4.78 is 12.4. The lowest BCUT2D eigenvalue weighted by Gasteiger charge is -2.05. The molecule has 4 aromatic rings. The number of ether oxygens (including phenoxy) is 1. The Labute approximate surface area is 149 Å². The molecule has 0 bridgehead atoms. The summed E-state index contributed by atoms with van der Waals surface area (Å²) in [6.45, 7) is 0.397. The van der Waals surface area contributed by atoms with Gasteiger partial charge in [-0.3, -0.25) is 4.57 Å². The van der Waals surface area contributed by atoms with Crippen LogP contribution in [0.25, 0.3) is 17.1 Å². The number of aromatic nitrogens is 5. The van der Waals surface area contributed by atoms with Crippen molar-refractivity contribution in [3.63, 3.8) is 0 Å². The maximum Gasteiger partial charge on any atom is 0.322 e. The van der Waals surface area contributed by atoms with E-state index in [1.54, 1.807) is 13.4 Å². The van der Waals surface area contributed by atoms with Crippen molar-refractivity contribution >= 4 is 6.01 Å². The number of benzene rings is 2. The van der Waals surface area contributed by atoms with Crippen LogP contribution in [-0.4, -0.2) is 32.0 Å². The molecule has 0 unspecified atom stereocenters. The number of hydrogen-bond donors (Lipinski definition) is 1. The summed E-state index contributed by atoms with van der Waals surface area (Å²) in [5.41, 5.74) is 1.80. The van der Waals surface area contributed by atoms with E-state index in [-0.39, 0.29) is 0 Å². The standard InChI is InChI=1S/C18H16N6O2/c1-25-15-9-5-6-13(10-15)17-21-18(26-23-17)19-11-16-22-20-12-24(16)14-7-3-2-4-8-14/h2-10,12H,11H2,1H3,(H,19,21,23). The minimum absolute atomic E-state index is 0.311. The van der Waals surface area contributed by atoms with Crippen molar-refractivity contribution in [3.05, 3.63) is 66.7 Å². The number of nitrogens with one attached hydrogen (secondary N) is 1. The summed E-state index contributed by atoms with van der Waals surface area (Å²) in [7, 11) is 1.62. The summed E-state index contributed by atoms with van der Waals surface area (Å²) in [4.78, 5) is 4.36. The second kappa shape index (κ2) is 7.06. The van der Waals surface area contributed by atoms with Crippen molar-refractivity contribution in [2.45, 2.75) is 6.54 Å². The molecule has 0 radical (unpaired) electrons. The van der Waals surface area contributed by atoms with Crippen LogP contribution in [0.2, 0.25) is 0 Å². The Hall–Kier alpha value is -3.68. The number of methoxy groups -OCH3 is 1. The molecule has 8 heteroatoms. The molecule has 1 N–H and O–H groups in total. The zero-order valence-corrected chi connectivity index (χ0v) is 14.0. The van der Waals surface area contributed by atoms with Crippen molar-refractivity contribution < 1.29 is 9.26 Å². The summed E-state index contributed by atoms with van der Waals surface area (Å²) in [6.07, 6.45) is 1.67. The molecule has 0 spiro atoms. The number of hydrogen-bond acceptors (Lipinski definition) is 7. The van der Waals surface area contributed by atoms with Gasteiger partial charge in [0.25, 0.3) is 0 Å². The number of anilines is 1. The molecular formula is C18H16N6O2. The summed E-state index contributed by atoms with van der Waals surface area (Å²) >= 11 is 0. The lowest BCUT2D eigenvalue weighted by Crippen LogP contribution is -2.07. The molecule has 0 aliphatic heterocycles. The van der Waals surface area contributed by atoms with Crippen molar-refractivity contribution in [3.8, 4) is 22.8 Å². The Morgan fingerprint density at radius 1 is 1.12 bits per heavy atom. The smallest absolute Gasteiger partial charge is 0.322 e. The molecular weight excluding hydrogens is 332 g/mol. The van der Waals surface area contributed by atoms with Crippen LogP contribution in [0, 0.1) is 0 Å². The second-order valence-corrected chi connectivity index (χ2v) is 5.46. The van der Waals surface area contributed by atoms with Gasteiger partial charge in [0.15, 0.2) is 5.82 Å². The monoisotopic (exact) mass is 348 g/mol. The first-order valence-electron chi connectivity index (χ1n) is 8.00. The van der Waals surface area contributed by atoms with E-state index in [4.69, 9.17) is 9.26 Å². The van der Waals surface area contributed by atoms with Crippen LogP contribution in [-0.2, 0) is 6.54 Å². The molecule has 2 aromatic carbocycles. The fourth-order valence-corrected chi connectivity index (χ4v) is 2.51. The molecule has 2 aromatic heterocycles. The predicted octanol–water partition coefficient (Wildman–Crippen LogP) is 2.94. The first-order valence-corrected chi connectivity index (χ1v) is 8.00. The van der Waals surface area contributed by atoms with E-state index in [0.717, 1.165) is 22.8 Å². The fourth-order valence-electron chi connectivity index (χ4n) is 2.51. The van der Waals surface area contributed by atoms with Crippen molar-refractivity contribution in [2.24, 2.45) is 0 Å². The summed E-state index contributed by atoms with van der Waals surface area (Å²) in [6, 6.07) is 17.6. The van der Waals surface area contributed by atoms with Crippen LogP contribution in [0.5, 0.6) is 5.75 Å². The molecule has 0 atom stereocenters. The zero-order chi connectivity index (χ0) is 17.8. The lowest BCUT2D eigenvalue weighted by molar-refractivity contribution is 0.414. The highest BCUT2D eigenvalue weighted by molar-refractivity contribution is 5.57. The van der Waals surface area contributed by atoms with Gasteiger partial charge in [-0.15, -0.1) is 10.2 Å². The SMILES string of the molecule is COc1cccc(-c2noc(NCc3nncn3-c3ccccc3)n2)c1. The molecule has 0 aliphatic rings. The molecule has 2 heterocycles. The van der Waals surface area contributed by atoms with Gasteiger partial charge >= 0.3 is 6.01 Å². The lowest BCUT2D eigenvalue weighted by atomic mass is 10.2. The Morgan fingerprint density at radius 3 is 2.85 bits per heavy atom. The molecule has 130 valence electrons. The maximum atomic E-state index is 5.27. The van der Waals surface area contributed by atoms with Gasteiger partial charge in [0.05, 0.1) is 13.7 Å². The van der Waals surface area contributed by atoms with Gasteiger partial charge in [-0.1, -0.05) is 35.5 Å². The van der Waals surface area contributed by atoms with Gasteiger partial charge in [0, 0.05) is 11.3 Å². The third-order valence-corrected chi connectivity index (χ3v) is 3.80. The van der Waals surface area contributed by atoms with Gasteiger partial charge in [-0.2, -0.15) is 4.98 Å². The van der Waals surface area contributed by atoms with E-state index in [9.17, 15) is 0 Å². The topological polar surface area (TPSA) is 90.9 Å². The molecule has 0 fully saturated rings. The highest BCUT2D eigenvalue weighted by Gasteiger charge is 2.11. The maximum absolute atomic E-state index is 5.27. The Kier molecular flexibility index (Phi) is 4.29. The zero-order valence-electron chi connectivity index (χ0n) is 14.0. The highest BCUT2D eigenvalue weighted by Crippen LogP contribution is 2.22. The van der Waals surface area contributed by atoms with Gasteiger partial charge in [0.1, 0.15) is 12.1 Å². The predicted molar refractivity (Wildman–Crippen MR) is 95.0 cm³/mol. The van der Waals surface area contributed by atoms with E-state index in [1.807, 2.05) is 59.2 Å². The summed E-state index contributed by atoms with van der Waals surface area (Å²) in [5.74, 6) is 1.95. The minimum atomic E-state index is 0.311. The molecule has 4 rings (SSSR count). The van der Waals surface area contributed by atoms with Crippen molar-refractivity contribution in [2.75, 3.05) is 12.4 Å². The third-order valence-electron chi connectivity index (χ3n) is 3.80. The van der Waals surface area contributed by atoms with E-state index >= 15 is 0 Å². The first-order chi connectivity index (χ1) is 12.8. The number of nitrogens with zero attached hydrogens (tertiary/aromatic N) is 5.